The first-order chi connectivity index (χ1) is 10.5. The summed E-state index contributed by atoms with van der Waals surface area (Å²) in [5.41, 5.74) is 6.69. The van der Waals surface area contributed by atoms with Gasteiger partial charge in [0.2, 0.25) is 0 Å². The number of amides is 1. The first-order valence-electron chi connectivity index (χ1n) is 7.16. The van der Waals surface area contributed by atoms with Gasteiger partial charge in [0.25, 0.3) is 5.91 Å². The Bertz CT molecular complexity index is 702. The molecule has 0 atom stereocenters. The summed E-state index contributed by atoms with van der Waals surface area (Å²) in [6, 6.07) is 7.87. The number of hydrazone groups is 1. The van der Waals surface area contributed by atoms with Crippen molar-refractivity contribution >= 4 is 17.8 Å². The minimum atomic E-state index is -0.202. The zero-order chi connectivity index (χ0) is 16.1. The van der Waals surface area contributed by atoms with Crippen molar-refractivity contribution in [1.82, 2.24) is 5.43 Å². The highest BCUT2D eigenvalue weighted by Crippen LogP contribution is 2.13. The Hall–Kier alpha value is -2.56. The Morgan fingerprint density at radius 3 is 2.59 bits per heavy atom. The number of nitrogens with zero attached hydrogens (tertiary/aromatic N) is 1. The molecule has 2 rings (SSSR count). The minimum absolute atomic E-state index is 0.170. The second kappa shape index (κ2) is 6.93. The van der Waals surface area contributed by atoms with Crippen molar-refractivity contribution in [3.63, 3.8) is 0 Å². The molecule has 1 aromatic carbocycles. The highest BCUT2D eigenvalue weighted by Gasteiger charge is 2.03. The van der Waals surface area contributed by atoms with E-state index in [1.807, 2.05) is 45.0 Å². The third-order valence-corrected chi connectivity index (χ3v) is 3.43. The van der Waals surface area contributed by atoms with E-state index in [1.165, 1.54) is 11.1 Å². The Morgan fingerprint density at radius 1 is 1.18 bits per heavy atom. The number of furan rings is 1. The van der Waals surface area contributed by atoms with Gasteiger partial charge in [-0.1, -0.05) is 6.07 Å². The molecule has 0 saturated carbocycles. The quantitative estimate of drug-likeness (QED) is 0.658. The fourth-order valence-corrected chi connectivity index (χ4v) is 2.03. The van der Waals surface area contributed by atoms with Gasteiger partial charge in [-0.05, 0) is 57.0 Å². The number of hydrogen-bond donors (Lipinski definition) is 2. The van der Waals surface area contributed by atoms with Gasteiger partial charge in [0.1, 0.15) is 11.5 Å². The Balaban J connectivity index is 1.83. The van der Waals surface area contributed by atoms with Crippen LogP contribution in [-0.2, 0) is 4.79 Å². The van der Waals surface area contributed by atoms with Crippen molar-refractivity contribution < 1.29 is 9.21 Å². The molecule has 2 aromatic rings. The van der Waals surface area contributed by atoms with Gasteiger partial charge < -0.3 is 9.73 Å². The molecule has 1 amide bonds. The summed E-state index contributed by atoms with van der Waals surface area (Å²) in [7, 11) is 0. The summed E-state index contributed by atoms with van der Waals surface area (Å²) >= 11 is 0. The standard InChI is InChI=1S/C17H21N3O2/c1-11-5-6-16(7-12(11)2)18-10-17(21)20-19-9-15-8-13(3)22-14(15)4/h5-9,18H,10H2,1-4H3,(H,20,21)/b19-9+. The monoisotopic (exact) mass is 299 g/mol. The lowest BCUT2D eigenvalue weighted by molar-refractivity contribution is -0.119. The number of benzene rings is 1. The lowest BCUT2D eigenvalue weighted by Gasteiger charge is -2.07. The number of anilines is 1. The molecule has 5 nitrogen and oxygen atoms in total. The molecule has 22 heavy (non-hydrogen) atoms. The summed E-state index contributed by atoms with van der Waals surface area (Å²) in [6.45, 7) is 8.00. The number of hydrogen-bond acceptors (Lipinski definition) is 4. The highest BCUT2D eigenvalue weighted by atomic mass is 16.3. The largest absolute Gasteiger partial charge is 0.466 e. The van der Waals surface area contributed by atoms with E-state index < -0.39 is 0 Å². The maximum atomic E-state index is 11.7. The van der Waals surface area contributed by atoms with Gasteiger partial charge >= 0.3 is 0 Å². The highest BCUT2D eigenvalue weighted by molar-refractivity contribution is 5.84. The van der Waals surface area contributed by atoms with Crippen LogP contribution in [0.2, 0.25) is 0 Å². The first kappa shape index (κ1) is 15.8. The predicted octanol–water partition coefficient (Wildman–Crippen LogP) is 3.08. The number of aryl methyl sites for hydroxylation is 4. The average Bonchev–Trinajstić information content (AvgIpc) is 2.78. The number of rotatable bonds is 5. The molecule has 116 valence electrons. The van der Waals surface area contributed by atoms with Crippen LogP contribution in [0.5, 0.6) is 0 Å². The molecule has 2 N–H and O–H groups in total. The molecule has 0 aliphatic heterocycles. The topological polar surface area (TPSA) is 66.6 Å². The summed E-state index contributed by atoms with van der Waals surface area (Å²) in [4.78, 5) is 11.7. The smallest absolute Gasteiger partial charge is 0.259 e. The van der Waals surface area contributed by atoms with Gasteiger partial charge in [-0.3, -0.25) is 4.79 Å². The van der Waals surface area contributed by atoms with Gasteiger partial charge in [-0.15, -0.1) is 0 Å². The number of nitrogens with one attached hydrogen (secondary N) is 2. The van der Waals surface area contributed by atoms with Gasteiger partial charge in [0, 0.05) is 11.3 Å². The zero-order valence-corrected chi connectivity index (χ0v) is 13.4. The lowest BCUT2D eigenvalue weighted by Crippen LogP contribution is -2.25. The zero-order valence-electron chi connectivity index (χ0n) is 13.4. The summed E-state index contributed by atoms with van der Waals surface area (Å²) in [6.07, 6.45) is 1.58. The Kier molecular flexibility index (Phi) is 4.99. The predicted molar refractivity (Wildman–Crippen MR) is 88.3 cm³/mol. The second-order valence-corrected chi connectivity index (χ2v) is 5.31. The van der Waals surface area contributed by atoms with Gasteiger partial charge in [-0.2, -0.15) is 5.10 Å². The summed E-state index contributed by atoms with van der Waals surface area (Å²) in [5.74, 6) is 1.40. The maximum absolute atomic E-state index is 11.7. The first-order valence-corrected chi connectivity index (χ1v) is 7.16. The molecule has 1 aromatic heterocycles. The van der Waals surface area contributed by atoms with E-state index in [4.69, 9.17) is 4.42 Å². The van der Waals surface area contributed by atoms with E-state index in [1.54, 1.807) is 6.21 Å². The van der Waals surface area contributed by atoms with E-state index in [9.17, 15) is 4.79 Å². The number of carbonyl (C=O) groups excluding carboxylic acids is 1. The minimum Gasteiger partial charge on any atom is -0.466 e. The van der Waals surface area contributed by atoms with Gasteiger partial charge in [0.05, 0.1) is 12.8 Å². The Morgan fingerprint density at radius 2 is 1.95 bits per heavy atom. The molecule has 0 saturated heterocycles. The van der Waals surface area contributed by atoms with E-state index in [-0.39, 0.29) is 12.5 Å². The third-order valence-electron chi connectivity index (χ3n) is 3.43. The van der Waals surface area contributed by atoms with Crippen LogP contribution in [0.1, 0.15) is 28.2 Å². The lowest BCUT2D eigenvalue weighted by atomic mass is 10.1. The molecule has 0 unspecified atom stereocenters. The molecule has 0 radical (unpaired) electrons. The Labute approximate surface area is 130 Å². The SMILES string of the molecule is Cc1cc(/C=N/NC(=O)CNc2ccc(C)c(C)c2)c(C)o1. The normalized spacial score (nSPS) is 10.9. The van der Waals surface area contributed by atoms with Gasteiger partial charge in [0.15, 0.2) is 0 Å². The van der Waals surface area contributed by atoms with E-state index in [0.29, 0.717) is 0 Å². The van der Waals surface area contributed by atoms with Crippen LogP contribution in [0.3, 0.4) is 0 Å². The van der Waals surface area contributed by atoms with Crippen molar-refractivity contribution in [1.29, 1.82) is 0 Å². The molecule has 0 fully saturated rings. The molecule has 0 aliphatic rings. The molecule has 1 heterocycles. The van der Waals surface area contributed by atoms with E-state index in [2.05, 4.69) is 22.8 Å². The summed E-state index contributed by atoms with van der Waals surface area (Å²) < 4.78 is 5.38. The van der Waals surface area contributed by atoms with Crippen molar-refractivity contribution in [2.24, 2.45) is 5.10 Å². The van der Waals surface area contributed by atoms with Crippen molar-refractivity contribution in [3.8, 4) is 0 Å². The van der Waals surface area contributed by atoms with Gasteiger partial charge in [-0.25, -0.2) is 5.43 Å². The van der Waals surface area contributed by atoms with E-state index in [0.717, 1.165) is 22.8 Å². The van der Waals surface area contributed by atoms with Crippen molar-refractivity contribution in [2.75, 3.05) is 11.9 Å². The molecular weight excluding hydrogens is 278 g/mol. The molecular formula is C17H21N3O2. The fourth-order valence-electron chi connectivity index (χ4n) is 2.03. The van der Waals surface area contributed by atoms with Crippen LogP contribution >= 0.6 is 0 Å². The number of carbonyl (C=O) groups is 1. The third kappa shape index (κ3) is 4.22. The molecule has 5 heteroatoms. The van der Waals surface area contributed by atoms with Crippen LogP contribution in [0.25, 0.3) is 0 Å². The fraction of sp³-hybridized carbons (Fsp3) is 0.294. The van der Waals surface area contributed by atoms with Crippen LogP contribution < -0.4 is 10.7 Å². The second-order valence-electron chi connectivity index (χ2n) is 5.31. The molecule has 0 aliphatic carbocycles. The summed E-state index contributed by atoms with van der Waals surface area (Å²) in [5, 5.41) is 7.01. The van der Waals surface area contributed by atoms with Crippen LogP contribution in [0, 0.1) is 27.7 Å². The van der Waals surface area contributed by atoms with Crippen molar-refractivity contribution in [2.45, 2.75) is 27.7 Å². The van der Waals surface area contributed by atoms with Crippen molar-refractivity contribution in [3.05, 3.63) is 52.5 Å². The van der Waals surface area contributed by atoms with Crippen LogP contribution in [0.4, 0.5) is 5.69 Å². The maximum Gasteiger partial charge on any atom is 0.259 e. The molecule has 0 bridgehead atoms. The average molecular weight is 299 g/mol. The van der Waals surface area contributed by atoms with Crippen LogP contribution in [0.15, 0.2) is 33.8 Å². The van der Waals surface area contributed by atoms with E-state index >= 15 is 0 Å². The molecule has 0 spiro atoms. The van der Waals surface area contributed by atoms with Crippen LogP contribution in [-0.4, -0.2) is 18.7 Å².